The van der Waals surface area contributed by atoms with Gasteiger partial charge in [-0.05, 0) is 0 Å². The van der Waals surface area contributed by atoms with Crippen LogP contribution in [0.4, 0.5) is 0 Å². The van der Waals surface area contributed by atoms with Crippen LogP contribution >= 0.6 is 0 Å². The molecular formula is CH2NaO4S+. The molecule has 0 aromatic carbocycles. The predicted molar refractivity (Wildman–Crippen MR) is 14.5 cm³/mol. The van der Waals surface area contributed by atoms with Crippen molar-refractivity contribution in [1.29, 1.82) is 0 Å². The Bertz CT molecular complexity index is 126. The van der Waals surface area contributed by atoms with E-state index in [0.29, 0.717) is 0 Å². The number of hydrogen-bond donors (Lipinski definition) is 0. The van der Waals surface area contributed by atoms with Crippen LogP contribution in [0.15, 0.2) is 0 Å². The maximum atomic E-state index is 9.18. The monoisotopic (exact) mass is 133 g/mol. The van der Waals surface area contributed by atoms with E-state index in [2.05, 4.69) is 3.84 Å². The SMILES string of the molecule is O=S(=O)=[O+]C[O-].[Na+]. The summed E-state index contributed by atoms with van der Waals surface area (Å²) in [6, 6.07) is 0. The second-order valence-electron chi connectivity index (χ2n) is 0.440. The second-order valence-corrected chi connectivity index (χ2v) is 1.08. The zero-order valence-corrected chi connectivity index (χ0v) is 6.56. The minimum absolute atomic E-state index is 0. The van der Waals surface area contributed by atoms with Crippen LogP contribution in [0.5, 0.6) is 0 Å². The van der Waals surface area contributed by atoms with Crippen molar-refractivity contribution in [3.8, 4) is 0 Å². The van der Waals surface area contributed by atoms with E-state index in [1.807, 2.05) is 0 Å². The summed E-state index contributed by atoms with van der Waals surface area (Å²) in [5, 5.41) is 9.12. The maximum absolute atomic E-state index is 9.18. The van der Waals surface area contributed by atoms with Crippen LogP contribution in [-0.2, 0) is 14.4 Å². The van der Waals surface area contributed by atoms with E-state index < -0.39 is 17.4 Å². The van der Waals surface area contributed by atoms with E-state index in [0.717, 1.165) is 0 Å². The van der Waals surface area contributed by atoms with Crippen molar-refractivity contribution in [3.63, 3.8) is 0 Å². The van der Waals surface area contributed by atoms with Gasteiger partial charge in [0, 0.05) is 0 Å². The van der Waals surface area contributed by atoms with Gasteiger partial charge in [-0.15, -0.1) is 3.84 Å². The van der Waals surface area contributed by atoms with E-state index in [4.69, 9.17) is 5.11 Å². The first-order chi connectivity index (χ1) is 2.77. The molecule has 0 saturated heterocycles. The minimum atomic E-state index is -2.63. The molecular weight excluding hydrogens is 131 g/mol. The normalized spacial score (nSPS) is 6.43. The Kier molecular flexibility index (Phi) is 9.91. The number of hydrogen-bond acceptors (Lipinski definition) is 3. The fourth-order valence-corrected chi connectivity index (χ4v) is 0.118. The van der Waals surface area contributed by atoms with Crippen molar-refractivity contribution >= 4 is 10.6 Å². The van der Waals surface area contributed by atoms with Gasteiger partial charge in [-0.2, -0.15) is 0 Å². The van der Waals surface area contributed by atoms with Crippen LogP contribution in [0, 0.1) is 0 Å². The van der Waals surface area contributed by atoms with Gasteiger partial charge in [-0.25, -0.2) is 0 Å². The molecule has 0 radical (unpaired) electrons. The Balaban J connectivity index is 0. The quantitative estimate of drug-likeness (QED) is 0.204. The zero-order valence-electron chi connectivity index (χ0n) is 3.75. The fourth-order valence-electron chi connectivity index (χ4n) is 0.0393. The molecule has 0 atom stereocenters. The van der Waals surface area contributed by atoms with E-state index >= 15 is 0 Å². The molecule has 0 unspecified atom stereocenters. The van der Waals surface area contributed by atoms with Crippen LogP contribution < -0.4 is 34.7 Å². The van der Waals surface area contributed by atoms with Crippen molar-refractivity contribution in [2.45, 2.75) is 0 Å². The summed E-state index contributed by atoms with van der Waals surface area (Å²) < 4.78 is 21.8. The Hall–Kier alpha value is 0.580. The summed E-state index contributed by atoms with van der Waals surface area (Å²) in [6.45, 7) is -1.03. The van der Waals surface area contributed by atoms with Crippen molar-refractivity contribution in [3.05, 3.63) is 0 Å². The fraction of sp³-hybridized carbons (Fsp3) is 1.00. The molecule has 0 N–H and O–H groups in total. The summed E-state index contributed by atoms with van der Waals surface area (Å²) in [4.78, 5) is 0. The zero-order chi connectivity index (χ0) is 4.99. The molecule has 7 heavy (non-hydrogen) atoms. The summed E-state index contributed by atoms with van der Waals surface area (Å²) in [5.74, 6) is 0. The van der Waals surface area contributed by atoms with Gasteiger partial charge in [0.25, 0.3) is 0 Å². The molecule has 0 aliphatic carbocycles. The molecule has 0 spiro atoms. The van der Waals surface area contributed by atoms with Crippen molar-refractivity contribution in [2.24, 2.45) is 0 Å². The van der Waals surface area contributed by atoms with Crippen molar-refractivity contribution in [2.75, 3.05) is 6.79 Å². The van der Waals surface area contributed by atoms with Crippen LogP contribution in [0.25, 0.3) is 0 Å². The molecule has 0 aromatic rings. The van der Waals surface area contributed by atoms with Crippen molar-refractivity contribution in [1.82, 2.24) is 0 Å². The van der Waals surface area contributed by atoms with Crippen LogP contribution in [0.3, 0.4) is 0 Å². The van der Waals surface area contributed by atoms with Gasteiger partial charge < -0.3 is 5.11 Å². The summed E-state index contributed by atoms with van der Waals surface area (Å²) >= 11 is 0. The Labute approximate surface area is 64.2 Å². The van der Waals surface area contributed by atoms with Crippen LogP contribution in [0.1, 0.15) is 0 Å². The summed E-state index contributed by atoms with van der Waals surface area (Å²) in [5.41, 5.74) is 0. The molecule has 0 fully saturated rings. The molecule has 0 bridgehead atoms. The van der Waals surface area contributed by atoms with E-state index in [1.54, 1.807) is 0 Å². The smallest absolute Gasteiger partial charge is 0.773 e. The molecule has 0 aromatic heterocycles. The molecule has 6 heteroatoms. The standard InChI is InChI=1S/CH2O4S.Na/c2-1-5-6(3)4;/h1H2;/q;+1. The van der Waals surface area contributed by atoms with Crippen LogP contribution in [-0.4, -0.2) is 15.2 Å². The molecule has 4 nitrogen and oxygen atoms in total. The molecule has 0 aliphatic rings. The largest absolute Gasteiger partial charge is 1.00 e. The third-order valence-electron chi connectivity index (χ3n) is 0.144. The minimum Gasteiger partial charge on any atom is -0.773 e. The predicted octanol–water partition coefficient (Wildman–Crippen LogP) is -4.93. The molecule has 0 aliphatic heterocycles. The van der Waals surface area contributed by atoms with Gasteiger partial charge in [-0.3, -0.25) is 0 Å². The average Bonchev–Trinajstić information content (AvgIpc) is 1.35. The third-order valence-corrected chi connectivity index (χ3v) is 0.433. The average molecular weight is 133 g/mol. The Morgan fingerprint density at radius 3 is 2.00 bits per heavy atom. The summed E-state index contributed by atoms with van der Waals surface area (Å²) in [7, 11) is -2.63. The molecule has 0 amide bonds. The molecule has 0 rings (SSSR count). The van der Waals surface area contributed by atoms with Gasteiger partial charge in [0.2, 0.25) is 6.79 Å². The van der Waals surface area contributed by atoms with Gasteiger partial charge in [-0.1, -0.05) is 8.42 Å². The van der Waals surface area contributed by atoms with E-state index in [-0.39, 0.29) is 29.6 Å². The van der Waals surface area contributed by atoms with Crippen molar-refractivity contribution < 1.29 is 46.9 Å². The molecule has 0 saturated carbocycles. The first kappa shape index (κ1) is 10.5. The summed E-state index contributed by atoms with van der Waals surface area (Å²) in [6.07, 6.45) is 0. The Morgan fingerprint density at radius 1 is 1.57 bits per heavy atom. The molecule has 36 valence electrons. The van der Waals surface area contributed by atoms with Gasteiger partial charge in [0.15, 0.2) is 0 Å². The molecule has 0 heterocycles. The Morgan fingerprint density at radius 2 is 2.00 bits per heavy atom. The van der Waals surface area contributed by atoms with Gasteiger partial charge in [0.1, 0.15) is 0 Å². The van der Waals surface area contributed by atoms with E-state index in [9.17, 15) is 8.42 Å². The van der Waals surface area contributed by atoms with Gasteiger partial charge >= 0.3 is 40.2 Å². The third kappa shape index (κ3) is 10.8. The first-order valence-corrected chi connectivity index (χ1v) is 2.08. The van der Waals surface area contributed by atoms with E-state index in [1.165, 1.54) is 0 Å². The van der Waals surface area contributed by atoms with Crippen LogP contribution in [0.2, 0.25) is 0 Å². The van der Waals surface area contributed by atoms with Gasteiger partial charge in [0.05, 0.1) is 0 Å². The number of rotatable bonds is 1. The maximum Gasteiger partial charge on any atom is 1.00 e. The second kappa shape index (κ2) is 6.58. The first-order valence-electron chi connectivity index (χ1n) is 1.08. The topological polar surface area (TPSA) is 68.5 Å².